The quantitative estimate of drug-likeness (QED) is 0.451. The molecule has 1 fully saturated rings. The minimum absolute atomic E-state index is 0.0518. The van der Waals surface area contributed by atoms with Gasteiger partial charge in [0.05, 0.1) is 0 Å². The fourth-order valence-electron chi connectivity index (χ4n) is 3.29. The lowest BCUT2D eigenvalue weighted by molar-refractivity contribution is -1.01. The summed E-state index contributed by atoms with van der Waals surface area (Å²) in [6, 6.07) is 4.83. The minimum atomic E-state index is -0.178. The molecule has 1 aliphatic rings. The number of hydrogen-bond donors (Lipinski definition) is 4. The lowest BCUT2D eigenvalue weighted by Crippen LogP contribution is -3.30. The zero-order valence-electron chi connectivity index (χ0n) is 16.0. The van der Waals surface area contributed by atoms with E-state index in [9.17, 15) is 9.59 Å². The second-order valence-electron chi connectivity index (χ2n) is 7.16. The van der Waals surface area contributed by atoms with Gasteiger partial charge in [0.1, 0.15) is 26.2 Å². The summed E-state index contributed by atoms with van der Waals surface area (Å²) in [5.41, 5.74) is 0.608. The summed E-state index contributed by atoms with van der Waals surface area (Å²) in [7, 11) is 0. The third-order valence-electron chi connectivity index (χ3n) is 5.00. The molecule has 2 amide bonds. The topological polar surface area (TPSA) is 67.1 Å². The number of carbonyl (C=O) groups is 2. The molecule has 8 heteroatoms. The average Bonchev–Trinajstić information content (AvgIpc) is 2.61. The molecule has 0 aromatic heterocycles. The van der Waals surface area contributed by atoms with Gasteiger partial charge in [-0.3, -0.25) is 9.59 Å². The number of rotatable bonds is 8. The lowest BCUT2D eigenvalue weighted by Gasteiger charge is -2.32. The van der Waals surface area contributed by atoms with Crippen LogP contribution in [0, 0.1) is 0 Å². The predicted octanol–water partition coefficient (Wildman–Crippen LogP) is 0.0201. The Hall–Kier alpha value is -1.34. The largest absolute Gasteiger partial charge is 0.351 e. The van der Waals surface area contributed by atoms with Crippen molar-refractivity contribution in [3.05, 3.63) is 28.2 Å². The Bertz CT molecular complexity index is 628. The SMILES string of the molecule is CCCCNC(=O)C[NH+]1CC[NH+]([C@H](C)C(=O)Nc2cc(Cl)cc(Cl)c2)CC1. The number of unbranched alkanes of at least 4 members (excludes halogenated alkanes) is 1. The molecule has 2 rings (SSSR count). The summed E-state index contributed by atoms with van der Waals surface area (Å²) < 4.78 is 0. The Morgan fingerprint density at radius 1 is 1.11 bits per heavy atom. The second kappa shape index (κ2) is 10.9. The third kappa shape index (κ3) is 7.30. The molecule has 0 radical (unpaired) electrons. The Labute approximate surface area is 171 Å². The van der Waals surface area contributed by atoms with E-state index in [2.05, 4.69) is 17.6 Å². The highest BCUT2D eigenvalue weighted by Crippen LogP contribution is 2.22. The van der Waals surface area contributed by atoms with Gasteiger partial charge >= 0.3 is 0 Å². The van der Waals surface area contributed by atoms with E-state index in [0.717, 1.165) is 45.6 Å². The summed E-state index contributed by atoms with van der Waals surface area (Å²) in [5.74, 6) is 0.0645. The zero-order chi connectivity index (χ0) is 19.8. The molecule has 0 bridgehead atoms. The summed E-state index contributed by atoms with van der Waals surface area (Å²) in [4.78, 5) is 27.0. The number of nitrogens with one attached hydrogen (secondary N) is 4. The molecule has 0 spiro atoms. The molecule has 1 atom stereocenters. The molecule has 1 aliphatic heterocycles. The number of halogens is 2. The molecular weight excluding hydrogens is 387 g/mol. The maximum absolute atomic E-state index is 12.6. The average molecular weight is 417 g/mol. The Balaban J connectivity index is 1.77. The van der Waals surface area contributed by atoms with Crippen molar-refractivity contribution in [1.82, 2.24) is 5.32 Å². The lowest BCUT2D eigenvalue weighted by atomic mass is 10.2. The summed E-state index contributed by atoms with van der Waals surface area (Å²) in [5, 5.41) is 6.85. The summed E-state index contributed by atoms with van der Waals surface area (Å²) in [6.45, 7) is 8.81. The Morgan fingerprint density at radius 3 is 2.33 bits per heavy atom. The maximum atomic E-state index is 12.6. The molecule has 1 aromatic carbocycles. The molecule has 27 heavy (non-hydrogen) atoms. The number of carbonyl (C=O) groups excluding carboxylic acids is 2. The van der Waals surface area contributed by atoms with Gasteiger partial charge in [-0.15, -0.1) is 0 Å². The van der Waals surface area contributed by atoms with Gasteiger partial charge < -0.3 is 20.4 Å². The number of hydrogen-bond acceptors (Lipinski definition) is 2. The Kier molecular flexibility index (Phi) is 8.83. The van der Waals surface area contributed by atoms with E-state index in [1.54, 1.807) is 18.2 Å². The highest BCUT2D eigenvalue weighted by Gasteiger charge is 2.31. The van der Waals surface area contributed by atoms with Crippen molar-refractivity contribution in [2.24, 2.45) is 0 Å². The smallest absolute Gasteiger partial charge is 0.282 e. The van der Waals surface area contributed by atoms with E-state index in [1.165, 1.54) is 9.80 Å². The van der Waals surface area contributed by atoms with Crippen molar-refractivity contribution in [2.45, 2.75) is 32.7 Å². The van der Waals surface area contributed by atoms with Gasteiger partial charge in [-0.1, -0.05) is 36.5 Å². The molecule has 0 unspecified atom stereocenters. The highest BCUT2D eigenvalue weighted by molar-refractivity contribution is 6.35. The number of anilines is 1. The van der Waals surface area contributed by atoms with Gasteiger partial charge in [-0.2, -0.15) is 0 Å². The van der Waals surface area contributed by atoms with Crippen LogP contribution in [-0.2, 0) is 9.59 Å². The van der Waals surface area contributed by atoms with E-state index in [0.29, 0.717) is 22.3 Å². The van der Waals surface area contributed by atoms with Gasteiger partial charge in [0.25, 0.3) is 11.8 Å². The fourth-order valence-corrected chi connectivity index (χ4v) is 3.82. The molecule has 0 saturated carbocycles. The van der Waals surface area contributed by atoms with Crippen LogP contribution in [0.1, 0.15) is 26.7 Å². The van der Waals surface area contributed by atoms with Crippen molar-refractivity contribution in [1.29, 1.82) is 0 Å². The normalized spacial score (nSPS) is 20.7. The van der Waals surface area contributed by atoms with Gasteiger partial charge in [-0.25, -0.2) is 0 Å². The molecular formula is C19H30Cl2N4O2+2. The summed E-state index contributed by atoms with van der Waals surface area (Å²) in [6.07, 6.45) is 2.10. The molecule has 1 aromatic rings. The number of piperazine rings is 1. The molecule has 1 saturated heterocycles. The van der Waals surface area contributed by atoms with E-state index in [1.807, 2.05) is 6.92 Å². The van der Waals surface area contributed by atoms with E-state index in [4.69, 9.17) is 23.2 Å². The first-order valence-electron chi connectivity index (χ1n) is 9.60. The molecule has 0 aliphatic carbocycles. The molecule has 4 N–H and O–H groups in total. The second-order valence-corrected chi connectivity index (χ2v) is 8.03. The van der Waals surface area contributed by atoms with Crippen LogP contribution in [0.2, 0.25) is 10.0 Å². The van der Waals surface area contributed by atoms with Crippen LogP contribution in [0.15, 0.2) is 18.2 Å². The van der Waals surface area contributed by atoms with Crippen LogP contribution in [0.5, 0.6) is 0 Å². The van der Waals surface area contributed by atoms with Crippen LogP contribution >= 0.6 is 23.2 Å². The maximum Gasteiger partial charge on any atom is 0.282 e. The monoisotopic (exact) mass is 416 g/mol. The van der Waals surface area contributed by atoms with Crippen molar-refractivity contribution >= 4 is 40.7 Å². The van der Waals surface area contributed by atoms with Crippen LogP contribution in [0.25, 0.3) is 0 Å². The first-order chi connectivity index (χ1) is 12.9. The molecule has 6 nitrogen and oxygen atoms in total. The third-order valence-corrected chi connectivity index (χ3v) is 5.43. The van der Waals surface area contributed by atoms with Gasteiger partial charge in [0.2, 0.25) is 0 Å². The van der Waals surface area contributed by atoms with Gasteiger partial charge in [0.15, 0.2) is 12.6 Å². The Morgan fingerprint density at radius 2 is 1.74 bits per heavy atom. The first kappa shape index (κ1) is 22.0. The highest BCUT2D eigenvalue weighted by atomic mass is 35.5. The minimum Gasteiger partial charge on any atom is -0.351 e. The van der Waals surface area contributed by atoms with E-state index in [-0.39, 0.29) is 17.9 Å². The molecule has 150 valence electrons. The summed E-state index contributed by atoms with van der Waals surface area (Å²) >= 11 is 12.0. The van der Waals surface area contributed by atoms with Crippen LogP contribution in [0.3, 0.4) is 0 Å². The van der Waals surface area contributed by atoms with Crippen molar-refractivity contribution in [3.63, 3.8) is 0 Å². The van der Waals surface area contributed by atoms with Gasteiger partial charge in [0, 0.05) is 22.3 Å². The van der Waals surface area contributed by atoms with Gasteiger partial charge in [-0.05, 0) is 31.5 Å². The van der Waals surface area contributed by atoms with Crippen LogP contribution < -0.4 is 20.4 Å². The van der Waals surface area contributed by atoms with E-state index < -0.39 is 0 Å². The van der Waals surface area contributed by atoms with Crippen molar-refractivity contribution in [3.8, 4) is 0 Å². The fraction of sp³-hybridized carbons (Fsp3) is 0.579. The standard InChI is InChI=1S/C19H28Cl2N4O2/c1-3-4-5-22-18(26)13-24-6-8-25(9-7-24)14(2)19(27)23-17-11-15(20)10-16(21)12-17/h10-12,14H,3-9,13H2,1-2H3,(H,22,26)(H,23,27)/p+2/t14-/m1/s1. The van der Waals surface area contributed by atoms with Crippen molar-refractivity contribution in [2.75, 3.05) is 44.6 Å². The number of benzene rings is 1. The zero-order valence-corrected chi connectivity index (χ0v) is 17.6. The number of amides is 2. The number of quaternary nitrogens is 2. The molecule has 1 heterocycles. The van der Waals surface area contributed by atoms with Crippen LogP contribution in [-0.4, -0.2) is 57.1 Å². The van der Waals surface area contributed by atoms with Crippen LogP contribution in [0.4, 0.5) is 5.69 Å². The predicted molar refractivity (Wildman–Crippen MR) is 109 cm³/mol. The van der Waals surface area contributed by atoms with E-state index >= 15 is 0 Å². The van der Waals surface area contributed by atoms with Crippen molar-refractivity contribution < 1.29 is 19.4 Å². The first-order valence-corrected chi connectivity index (χ1v) is 10.4.